The van der Waals surface area contributed by atoms with Crippen molar-refractivity contribution in [1.29, 1.82) is 0 Å². The zero-order valence-corrected chi connectivity index (χ0v) is 18.3. The standard InChI is InChI=1S/C17H23BrN4O.HI/c1-12(2)16-9-15(23-21-16)10-20-17(19-3)22(4)11-13-5-7-14(18)8-6-13;/h5-9,12H,10-11H2,1-4H3,(H,19,20);1H. The topological polar surface area (TPSA) is 53.7 Å². The van der Waals surface area contributed by atoms with Gasteiger partial charge in [-0.25, -0.2) is 0 Å². The monoisotopic (exact) mass is 506 g/mol. The fraction of sp³-hybridized carbons (Fsp3) is 0.412. The summed E-state index contributed by atoms with van der Waals surface area (Å²) < 4.78 is 6.42. The number of rotatable bonds is 5. The summed E-state index contributed by atoms with van der Waals surface area (Å²) in [6.45, 7) is 5.54. The molecule has 24 heavy (non-hydrogen) atoms. The predicted octanol–water partition coefficient (Wildman–Crippen LogP) is 4.39. The molecule has 1 heterocycles. The van der Waals surface area contributed by atoms with Crippen LogP contribution in [0.4, 0.5) is 0 Å². The van der Waals surface area contributed by atoms with Gasteiger partial charge in [-0.1, -0.05) is 47.1 Å². The molecular weight excluding hydrogens is 483 g/mol. The van der Waals surface area contributed by atoms with Gasteiger partial charge in [0, 0.05) is 31.2 Å². The lowest BCUT2D eigenvalue weighted by Gasteiger charge is -2.21. The maximum Gasteiger partial charge on any atom is 0.194 e. The van der Waals surface area contributed by atoms with Gasteiger partial charge in [-0.2, -0.15) is 0 Å². The molecule has 0 aliphatic heterocycles. The van der Waals surface area contributed by atoms with E-state index in [4.69, 9.17) is 4.52 Å². The zero-order valence-electron chi connectivity index (χ0n) is 14.4. The van der Waals surface area contributed by atoms with Crippen LogP contribution in [-0.2, 0) is 13.1 Å². The van der Waals surface area contributed by atoms with E-state index in [1.165, 1.54) is 5.56 Å². The number of guanidine groups is 1. The molecule has 1 aromatic carbocycles. The molecule has 0 spiro atoms. The van der Waals surface area contributed by atoms with Crippen molar-refractivity contribution in [1.82, 2.24) is 15.4 Å². The number of nitrogens with one attached hydrogen (secondary N) is 1. The Bertz CT molecular complexity index is 655. The quantitative estimate of drug-likeness (QED) is 0.371. The molecule has 1 aromatic heterocycles. The highest BCUT2D eigenvalue weighted by molar-refractivity contribution is 14.0. The lowest BCUT2D eigenvalue weighted by molar-refractivity contribution is 0.369. The molecular formula is C17H24BrIN4O. The molecule has 2 rings (SSSR count). The molecule has 0 aliphatic carbocycles. The number of nitrogens with zero attached hydrogens (tertiary/aromatic N) is 3. The smallest absolute Gasteiger partial charge is 0.194 e. The average Bonchev–Trinajstić information content (AvgIpc) is 2.99. The first-order valence-electron chi connectivity index (χ1n) is 7.61. The van der Waals surface area contributed by atoms with Gasteiger partial charge in [-0.15, -0.1) is 24.0 Å². The van der Waals surface area contributed by atoms with Crippen molar-refractivity contribution in [2.24, 2.45) is 4.99 Å². The maximum absolute atomic E-state index is 5.34. The van der Waals surface area contributed by atoms with E-state index >= 15 is 0 Å². The molecule has 2 aromatic rings. The van der Waals surface area contributed by atoms with Crippen LogP contribution in [0.15, 0.2) is 44.3 Å². The number of aromatic nitrogens is 1. The highest BCUT2D eigenvalue weighted by Gasteiger charge is 2.10. The third kappa shape index (κ3) is 6.08. The normalized spacial score (nSPS) is 11.3. The van der Waals surface area contributed by atoms with E-state index in [9.17, 15) is 0 Å². The Morgan fingerprint density at radius 1 is 1.33 bits per heavy atom. The fourth-order valence-electron chi connectivity index (χ4n) is 2.17. The number of hydrogen-bond acceptors (Lipinski definition) is 3. The predicted molar refractivity (Wildman–Crippen MR) is 112 cm³/mol. The van der Waals surface area contributed by atoms with Gasteiger partial charge in [-0.05, 0) is 23.6 Å². The zero-order chi connectivity index (χ0) is 16.8. The van der Waals surface area contributed by atoms with Crippen molar-refractivity contribution >= 4 is 45.9 Å². The van der Waals surface area contributed by atoms with Crippen molar-refractivity contribution in [2.75, 3.05) is 14.1 Å². The van der Waals surface area contributed by atoms with Crippen LogP contribution in [0.1, 0.15) is 36.8 Å². The summed E-state index contributed by atoms with van der Waals surface area (Å²) in [5.74, 6) is 1.99. The first-order chi connectivity index (χ1) is 11.0. The number of benzene rings is 1. The van der Waals surface area contributed by atoms with Crippen LogP contribution in [-0.4, -0.2) is 30.1 Å². The van der Waals surface area contributed by atoms with Crippen molar-refractivity contribution in [3.63, 3.8) is 0 Å². The van der Waals surface area contributed by atoms with Crippen LogP contribution in [0.25, 0.3) is 0 Å². The summed E-state index contributed by atoms with van der Waals surface area (Å²) in [4.78, 5) is 6.39. The molecule has 5 nitrogen and oxygen atoms in total. The molecule has 0 atom stereocenters. The van der Waals surface area contributed by atoms with Crippen LogP contribution in [0.5, 0.6) is 0 Å². The van der Waals surface area contributed by atoms with Gasteiger partial charge in [0.05, 0.1) is 12.2 Å². The van der Waals surface area contributed by atoms with Gasteiger partial charge >= 0.3 is 0 Å². The lowest BCUT2D eigenvalue weighted by atomic mass is 10.1. The van der Waals surface area contributed by atoms with E-state index in [1.54, 1.807) is 7.05 Å². The molecule has 0 saturated carbocycles. The third-order valence-electron chi connectivity index (χ3n) is 3.50. The molecule has 0 amide bonds. The van der Waals surface area contributed by atoms with Gasteiger partial charge in [0.1, 0.15) is 0 Å². The number of aliphatic imine (C=N–C) groups is 1. The molecule has 0 bridgehead atoms. The second-order valence-electron chi connectivity index (χ2n) is 5.76. The van der Waals surface area contributed by atoms with Crippen LogP contribution >= 0.6 is 39.9 Å². The Hall–Kier alpha value is -1.09. The first-order valence-corrected chi connectivity index (χ1v) is 8.40. The minimum atomic E-state index is 0. The van der Waals surface area contributed by atoms with E-state index < -0.39 is 0 Å². The van der Waals surface area contributed by atoms with Gasteiger partial charge < -0.3 is 14.7 Å². The number of halogens is 2. The van der Waals surface area contributed by atoms with Crippen LogP contribution < -0.4 is 5.32 Å². The second kappa shape index (κ2) is 10.0. The summed E-state index contributed by atoms with van der Waals surface area (Å²) in [5.41, 5.74) is 2.19. The number of hydrogen-bond donors (Lipinski definition) is 1. The minimum Gasteiger partial charge on any atom is -0.359 e. The molecule has 7 heteroatoms. The van der Waals surface area contributed by atoms with Crippen molar-refractivity contribution in [2.45, 2.75) is 32.9 Å². The molecule has 0 aliphatic rings. The van der Waals surface area contributed by atoms with Gasteiger partial charge in [0.25, 0.3) is 0 Å². The SMILES string of the molecule is CN=C(NCc1cc(C(C)C)no1)N(C)Cc1ccc(Br)cc1.I. The summed E-state index contributed by atoms with van der Waals surface area (Å²) in [5, 5.41) is 7.37. The third-order valence-corrected chi connectivity index (χ3v) is 4.02. The second-order valence-corrected chi connectivity index (χ2v) is 6.67. The Kier molecular flexibility index (Phi) is 8.75. The maximum atomic E-state index is 5.34. The average molecular weight is 507 g/mol. The van der Waals surface area contributed by atoms with Crippen LogP contribution in [0.3, 0.4) is 0 Å². The van der Waals surface area contributed by atoms with Crippen molar-refractivity contribution < 1.29 is 4.52 Å². The van der Waals surface area contributed by atoms with E-state index in [-0.39, 0.29) is 24.0 Å². The molecule has 0 radical (unpaired) electrons. The molecule has 0 fully saturated rings. The first kappa shape index (κ1) is 21.0. The molecule has 0 saturated heterocycles. The summed E-state index contributed by atoms with van der Waals surface area (Å²) in [7, 11) is 3.79. The molecule has 132 valence electrons. The van der Waals surface area contributed by atoms with E-state index in [0.717, 1.165) is 28.4 Å². The lowest BCUT2D eigenvalue weighted by Crippen LogP contribution is -2.37. The molecule has 1 N–H and O–H groups in total. The summed E-state index contributed by atoms with van der Waals surface area (Å²) in [6, 6.07) is 10.3. The Morgan fingerprint density at radius 2 is 2.00 bits per heavy atom. The molecule has 0 unspecified atom stereocenters. The van der Waals surface area contributed by atoms with E-state index in [1.807, 2.05) is 25.2 Å². The van der Waals surface area contributed by atoms with Crippen LogP contribution in [0, 0.1) is 0 Å². The van der Waals surface area contributed by atoms with Crippen molar-refractivity contribution in [3.8, 4) is 0 Å². The Labute approximate surface area is 169 Å². The van der Waals surface area contributed by atoms with Crippen LogP contribution in [0.2, 0.25) is 0 Å². The Balaban J connectivity index is 0.00000288. The van der Waals surface area contributed by atoms with Gasteiger partial charge in [0.15, 0.2) is 11.7 Å². The highest BCUT2D eigenvalue weighted by atomic mass is 127. The summed E-state index contributed by atoms with van der Waals surface area (Å²) >= 11 is 3.45. The van der Waals surface area contributed by atoms with Crippen molar-refractivity contribution in [3.05, 3.63) is 51.8 Å². The van der Waals surface area contributed by atoms with Gasteiger partial charge in [0.2, 0.25) is 0 Å². The van der Waals surface area contributed by atoms with E-state index in [2.05, 4.69) is 62.3 Å². The largest absolute Gasteiger partial charge is 0.359 e. The summed E-state index contributed by atoms with van der Waals surface area (Å²) in [6.07, 6.45) is 0. The fourth-order valence-corrected chi connectivity index (χ4v) is 2.44. The van der Waals surface area contributed by atoms with E-state index in [0.29, 0.717) is 12.5 Å². The Morgan fingerprint density at radius 3 is 2.54 bits per heavy atom. The van der Waals surface area contributed by atoms with Gasteiger partial charge in [-0.3, -0.25) is 4.99 Å². The minimum absolute atomic E-state index is 0. The highest BCUT2D eigenvalue weighted by Crippen LogP contribution is 2.14.